The Morgan fingerprint density at radius 2 is 2.09 bits per heavy atom. The first-order valence-corrected chi connectivity index (χ1v) is 7.96. The van der Waals surface area contributed by atoms with E-state index in [1.54, 1.807) is 6.07 Å². The van der Waals surface area contributed by atoms with Gasteiger partial charge in [0.05, 0.1) is 6.26 Å². The van der Waals surface area contributed by atoms with Crippen LogP contribution in [0.25, 0.3) is 0 Å². The van der Waals surface area contributed by atoms with Crippen LogP contribution in [0.1, 0.15) is 28.0 Å². The van der Waals surface area contributed by atoms with Crippen LogP contribution in [-0.4, -0.2) is 16.1 Å². The number of benzene rings is 1. The van der Waals surface area contributed by atoms with E-state index in [1.165, 1.54) is 17.6 Å². The molecule has 6 nitrogen and oxygen atoms in total. The summed E-state index contributed by atoms with van der Waals surface area (Å²) in [6.07, 6.45) is 2.25. The van der Waals surface area contributed by atoms with E-state index in [4.69, 9.17) is 9.15 Å². The van der Waals surface area contributed by atoms with Crippen LogP contribution in [0, 0.1) is 0 Å². The number of rotatable bonds is 6. The predicted octanol–water partition coefficient (Wildman–Crippen LogP) is 3.52. The van der Waals surface area contributed by atoms with Crippen LogP contribution in [-0.2, 0) is 13.0 Å². The lowest BCUT2D eigenvalue weighted by Crippen LogP contribution is -2.13. The number of carbonyl (C=O) groups excluding carboxylic acids is 1. The molecule has 23 heavy (non-hydrogen) atoms. The van der Waals surface area contributed by atoms with Gasteiger partial charge in [-0.05, 0) is 24.6 Å². The maximum Gasteiger partial charge on any atom is 0.293 e. The molecule has 1 aromatic carbocycles. The Balaban J connectivity index is 1.66. The van der Waals surface area contributed by atoms with Gasteiger partial charge >= 0.3 is 0 Å². The first-order valence-electron chi connectivity index (χ1n) is 7.14. The highest BCUT2D eigenvalue weighted by Gasteiger charge is 2.17. The molecule has 0 atom stereocenters. The van der Waals surface area contributed by atoms with Gasteiger partial charge in [0.1, 0.15) is 17.4 Å². The number of nitrogens with zero attached hydrogens (tertiary/aromatic N) is 2. The molecule has 2 aromatic heterocycles. The zero-order chi connectivity index (χ0) is 16.1. The van der Waals surface area contributed by atoms with Gasteiger partial charge in [0.15, 0.2) is 5.76 Å². The Morgan fingerprint density at radius 3 is 2.83 bits per heavy atom. The summed E-state index contributed by atoms with van der Waals surface area (Å²) >= 11 is 1.35. The average molecular weight is 329 g/mol. The van der Waals surface area contributed by atoms with E-state index in [-0.39, 0.29) is 18.3 Å². The van der Waals surface area contributed by atoms with Crippen LogP contribution in [0.2, 0.25) is 0 Å². The molecule has 2 heterocycles. The van der Waals surface area contributed by atoms with E-state index in [0.29, 0.717) is 10.7 Å². The second kappa shape index (κ2) is 7.06. The monoisotopic (exact) mass is 329 g/mol. The number of anilines is 1. The zero-order valence-electron chi connectivity index (χ0n) is 12.5. The van der Waals surface area contributed by atoms with Crippen molar-refractivity contribution in [1.29, 1.82) is 0 Å². The maximum atomic E-state index is 12.3. The van der Waals surface area contributed by atoms with Gasteiger partial charge in [0, 0.05) is 5.56 Å². The van der Waals surface area contributed by atoms with Crippen molar-refractivity contribution in [3.63, 3.8) is 0 Å². The van der Waals surface area contributed by atoms with Gasteiger partial charge in [-0.25, -0.2) is 0 Å². The van der Waals surface area contributed by atoms with Crippen molar-refractivity contribution >= 4 is 22.4 Å². The van der Waals surface area contributed by atoms with Crippen molar-refractivity contribution in [2.45, 2.75) is 20.0 Å². The minimum absolute atomic E-state index is 0.217. The molecule has 3 rings (SSSR count). The third-order valence-electron chi connectivity index (χ3n) is 3.08. The number of aryl methyl sites for hydroxylation is 1. The molecule has 3 aromatic rings. The van der Waals surface area contributed by atoms with E-state index in [9.17, 15) is 4.79 Å². The van der Waals surface area contributed by atoms with Gasteiger partial charge in [0.2, 0.25) is 5.13 Å². The topological polar surface area (TPSA) is 77.3 Å². The number of aromatic nitrogens is 2. The third kappa shape index (κ3) is 3.75. The van der Waals surface area contributed by atoms with E-state index in [0.717, 1.165) is 17.2 Å². The molecule has 1 N–H and O–H groups in total. The summed E-state index contributed by atoms with van der Waals surface area (Å²) in [5, 5.41) is 11.9. The molecule has 118 valence electrons. The second-order valence-corrected chi connectivity index (χ2v) is 5.75. The summed E-state index contributed by atoms with van der Waals surface area (Å²) in [6, 6.07) is 11.1. The van der Waals surface area contributed by atoms with E-state index >= 15 is 0 Å². The molecule has 0 unspecified atom stereocenters. The third-order valence-corrected chi connectivity index (χ3v) is 4.06. The number of amides is 1. The van der Waals surface area contributed by atoms with Crippen LogP contribution >= 0.6 is 11.3 Å². The molecule has 0 fully saturated rings. The van der Waals surface area contributed by atoms with E-state index in [1.807, 2.05) is 37.3 Å². The zero-order valence-corrected chi connectivity index (χ0v) is 13.3. The minimum Gasteiger partial charge on any atom is -0.489 e. The van der Waals surface area contributed by atoms with Crippen molar-refractivity contribution in [3.05, 3.63) is 59.0 Å². The number of ether oxygens (including phenoxy) is 1. The fraction of sp³-hybridized carbons (Fsp3) is 0.188. The van der Waals surface area contributed by atoms with Gasteiger partial charge in [-0.15, -0.1) is 10.2 Å². The summed E-state index contributed by atoms with van der Waals surface area (Å²) in [5.41, 5.74) is 0.673. The molecule has 0 saturated carbocycles. The lowest BCUT2D eigenvalue weighted by molar-refractivity contribution is 0.0993. The second-order valence-electron chi connectivity index (χ2n) is 4.69. The molecule has 0 aliphatic carbocycles. The normalized spacial score (nSPS) is 10.5. The van der Waals surface area contributed by atoms with Crippen molar-refractivity contribution in [2.24, 2.45) is 0 Å². The Hall–Kier alpha value is -2.67. The fourth-order valence-corrected chi connectivity index (χ4v) is 2.60. The molecule has 0 radical (unpaired) electrons. The number of hydrogen-bond donors (Lipinski definition) is 1. The number of furan rings is 1. The number of para-hydroxylation sites is 1. The van der Waals surface area contributed by atoms with Gasteiger partial charge < -0.3 is 9.15 Å². The standard InChI is InChI=1S/C16H15N3O3S/c1-2-13-18-19-16(23-13)17-15(20)14-11(8-9-21-14)10-22-12-6-4-3-5-7-12/h3-9H,2,10H2,1H3,(H,17,19,20). The van der Waals surface area contributed by atoms with Crippen molar-refractivity contribution in [1.82, 2.24) is 10.2 Å². The molecule has 0 bridgehead atoms. The molecule has 0 aliphatic heterocycles. The lowest BCUT2D eigenvalue weighted by atomic mass is 10.2. The Bertz CT molecular complexity index is 783. The highest BCUT2D eigenvalue weighted by molar-refractivity contribution is 7.15. The van der Waals surface area contributed by atoms with Crippen molar-refractivity contribution in [3.8, 4) is 5.75 Å². The Morgan fingerprint density at radius 1 is 1.26 bits per heavy atom. The summed E-state index contributed by atoms with van der Waals surface area (Å²) in [6.45, 7) is 2.23. The van der Waals surface area contributed by atoms with Crippen molar-refractivity contribution in [2.75, 3.05) is 5.32 Å². The van der Waals surface area contributed by atoms with Crippen LogP contribution in [0.15, 0.2) is 47.1 Å². The first kappa shape index (κ1) is 15.2. The number of nitrogens with one attached hydrogen (secondary N) is 1. The summed E-state index contributed by atoms with van der Waals surface area (Å²) in [5.74, 6) is 0.589. The first-order chi connectivity index (χ1) is 11.3. The summed E-state index contributed by atoms with van der Waals surface area (Å²) < 4.78 is 10.9. The average Bonchev–Trinajstić information content (AvgIpc) is 3.22. The van der Waals surface area contributed by atoms with E-state index < -0.39 is 0 Å². The SMILES string of the molecule is CCc1nnc(NC(=O)c2occc2COc2ccccc2)s1. The van der Waals surface area contributed by atoms with Gasteiger partial charge in [-0.2, -0.15) is 0 Å². The molecule has 0 saturated heterocycles. The number of hydrogen-bond acceptors (Lipinski definition) is 6. The smallest absolute Gasteiger partial charge is 0.293 e. The van der Waals surface area contributed by atoms with E-state index in [2.05, 4.69) is 15.5 Å². The molecule has 7 heteroatoms. The maximum absolute atomic E-state index is 12.3. The summed E-state index contributed by atoms with van der Waals surface area (Å²) in [4.78, 5) is 12.3. The highest BCUT2D eigenvalue weighted by Crippen LogP contribution is 2.19. The highest BCUT2D eigenvalue weighted by atomic mass is 32.1. The van der Waals surface area contributed by atoms with Gasteiger partial charge in [-0.3, -0.25) is 10.1 Å². The quantitative estimate of drug-likeness (QED) is 0.748. The largest absolute Gasteiger partial charge is 0.489 e. The van der Waals surface area contributed by atoms with Gasteiger partial charge in [-0.1, -0.05) is 36.5 Å². The number of carbonyl (C=O) groups is 1. The molecular weight excluding hydrogens is 314 g/mol. The van der Waals surface area contributed by atoms with Crippen LogP contribution in [0.3, 0.4) is 0 Å². The summed E-state index contributed by atoms with van der Waals surface area (Å²) in [7, 11) is 0. The van der Waals surface area contributed by atoms with Crippen LogP contribution in [0.4, 0.5) is 5.13 Å². The van der Waals surface area contributed by atoms with Gasteiger partial charge in [0.25, 0.3) is 5.91 Å². The Labute approximate surface area is 137 Å². The molecule has 1 amide bonds. The predicted molar refractivity (Wildman–Crippen MR) is 86.7 cm³/mol. The van der Waals surface area contributed by atoms with Crippen LogP contribution in [0.5, 0.6) is 5.75 Å². The fourth-order valence-electron chi connectivity index (χ4n) is 1.93. The molecule has 0 spiro atoms. The minimum atomic E-state index is -0.361. The van der Waals surface area contributed by atoms with Crippen molar-refractivity contribution < 1.29 is 13.9 Å². The molecule has 0 aliphatic rings. The van der Waals surface area contributed by atoms with Crippen LogP contribution < -0.4 is 10.1 Å². The molecular formula is C16H15N3O3S. The Kier molecular flexibility index (Phi) is 4.68. The lowest BCUT2D eigenvalue weighted by Gasteiger charge is -2.05.